The van der Waals surface area contributed by atoms with Crippen molar-refractivity contribution in [1.29, 1.82) is 5.26 Å². The van der Waals surface area contributed by atoms with Gasteiger partial charge in [-0.2, -0.15) is 5.26 Å². The normalized spacial score (nSPS) is 10.5. The minimum atomic E-state index is -0.510. The molecule has 0 unspecified atom stereocenters. The summed E-state index contributed by atoms with van der Waals surface area (Å²) < 4.78 is 0. The first-order valence-electron chi connectivity index (χ1n) is 9.64. The Hall–Kier alpha value is -3.70. The SMILES string of the molecule is CCCC(=O)N(Cc1ccc(-c2c(Cl)c[nH]c2C#N)cc1)c1nccc(C)c1[N+](=O)[O-]. The van der Waals surface area contributed by atoms with Gasteiger partial charge in [0.1, 0.15) is 11.8 Å². The molecular weight excluding hydrogens is 418 g/mol. The number of benzene rings is 1. The first-order chi connectivity index (χ1) is 14.9. The van der Waals surface area contributed by atoms with Crippen molar-refractivity contribution in [3.8, 4) is 17.2 Å². The van der Waals surface area contributed by atoms with Gasteiger partial charge in [-0.3, -0.25) is 19.8 Å². The Morgan fingerprint density at radius 2 is 2.03 bits per heavy atom. The number of rotatable bonds is 7. The average molecular weight is 438 g/mol. The first kappa shape index (κ1) is 22.0. The molecule has 0 aliphatic rings. The average Bonchev–Trinajstić information content (AvgIpc) is 3.12. The van der Waals surface area contributed by atoms with E-state index < -0.39 is 4.92 Å². The lowest BCUT2D eigenvalue weighted by atomic mass is 10.0. The lowest BCUT2D eigenvalue weighted by Crippen LogP contribution is -2.31. The molecule has 2 aromatic heterocycles. The smallest absolute Gasteiger partial charge is 0.314 e. The van der Waals surface area contributed by atoms with Crippen molar-refractivity contribution in [2.75, 3.05) is 4.90 Å². The highest BCUT2D eigenvalue weighted by Gasteiger charge is 2.27. The van der Waals surface area contributed by atoms with Gasteiger partial charge in [0.05, 0.1) is 16.5 Å². The Labute approximate surface area is 184 Å². The molecule has 8 nitrogen and oxygen atoms in total. The lowest BCUT2D eigenvalue weighted by molar-refractivity contribution is -0.384. The van der Waals surface area contributed by atoms with Crippen molar-refractivity contribution in [2.45, 2.75) is 33.2 Å². The molecule has 2 heterocycles. The van der Waals surface area contributed by atoms with E-state index in [0.717, 1.165) is 11.1 Å². The quantitative estimate of drug-likeness (QED) is 0.405. The lowest BCUT2D eigenvalue weighted by Gasteiger charge is -2.22. The molecule has 1 amide bonds. The third-order valence-electron chi connectivity index (χ3n) is 4.84. The number of amides is 1. The molecule has 1 aromatic carbocycles. The monoisotopic (exact) mass is 437 g/mol. The van der Waals surface area contributed by atoms with Gasteiger partial charge >= 0.3 is 5.69 Å². The van der Waals surface area contributed by atoms with Crippen LogP contribution in [-0.2, 0) is 11.3 Å². The maximum atomic E-state index is 12.8. The molecule has 0 radical (unpaired) electrons. The zero-order valence-electron chi connectivity index (χ0n) is 17.1. The highest BCUT2D eigenvalue weighted by atomic mass is 35.5. The summed E-state index contributed by atoms with van der Waals surface area (Å²) in [5.74, 6) is -0.207. The summed E-state index contributed by atoms with van der Waals surface area (Å²) >= 11 is 6.19. The van der Waals surface area contributed by atoms with E-state index in [2.05, 4.69) is 16.0 Å². The Balaban J connectivity index is 1.98. The van der Waals surface area contributed by atoms with Crippen LogP contribution in [0.15, 0.2) is 42.7 Å². The molecule has 0 bridgehead atoms. The van der Waals surface area contributed by atoms with Gasteiger partial charge in [-0.15, -0.1) is 0 Å². The van der Waals surface area contributed by atoms with Crippen LogP contribution in [0.25, 0.3) is 11.1 Å². The summed E-state index contributed by atoms with van der Waals surface area (Å²) in [5, 5.41) is 21.3. The van der Waals surface area contributed by atoms with Crippen LogP contribution < -0.4 is 4.90 Å². The number of nitrogens with zero attached hydrogens (tertiary/aromatic N) is 4. The van der Waals surface area contributed by atoms with E-state index in [1.54, 1.807) is 43.5 Å². The number of nitro groups is 1. The number of carbonyl (C=O) groups is 1. The summed E-state index contributed by atoms with van der Waals surface area (Å²) in [6.07, 6.45) is 3.87. The summed E-state index contributed by atoms with van der Waals surface area (Å²) in [7, 11) is 0. The molecule has 1 N–H and O–H groups in total. The number of carbonyl (C=O) groups excluding carboxylic acids is 1. The molecule has 31 heavy (non-hydrogen) atoms. The molecule has 158 valence electrons. The van der Waals surface area contributed by atoms with Crippen molar-refractivity contribution in [3.63, 3.8) is 0 Å². The second kappa shape index (κ2) is 9.41. The maximum Gasteiger partial charge on any atom is 0.314 e. The van der Waals surface area contributed by atoms with Crippen molar-refractivity contribution in [3.05, 3.63) is 74.7 Å². The summed E-state index contributed by atoms with van der Waals surface area (Å²) in [6.45, 7) is 3.62. The molecule has 0 saturated heterocycles. The van der Waals surface area contributed by atoms with Gasteiger partial charge in [-0.05, 0) is 30.5 Å². The Bertz CT molecular complexity index is 1160. The molecule has 0 aliphatic carbocycles. The van der Waals surface area contributed by atoms with Crippen LogP contribution in [0.2, 0.25) is 5.02 Å². The van der Waals surface area contributed by atoms with E-state index in [4.69, 9.17) is 11.6 Å². The first-order valence-corrected chi connectivity index (χ1v) is 10.0. The third-order valence-corrected chi connectivity index (χ3v) is 5.14. The molecule has 3 rings (SSSR count). The van der Waals surface area contributed by atoms with E-state index in [-0.39, 0.29) is 30.4 Å². The van der Waals surface area contributed by atoms with Gasteiger partial charge in [0.25, 0.3) is 0 Å². The molecule has 0 saturated carbocycles. The van der Waals surface area contributed by atoms with E-state index in [9.17, 15) is 20.2 Å². The van der Waals surface area contributed by atoms with E-state index in [0.29, 0.717) is 28.3 Å². The molecule has 0 fully saturated rings. The molecule has 0 spiro atoms. The van der Waals surface area contributed by atoms with Gasteiger partial charge in [0.15, 0.2) is 0 Å². The third kappa shape index (κ3) is 4.57. The van der Waals surface area contributed by atoms with Gasteiger partial charge in [-0.25, -0.2) is 4.98 Å². The fraction of sp³-hybridized carbons (Fsp3) is 0.227. The van der Waals surface area contributed by atoms with Gasteiger partial charge in [0, 0.05) is 29.9 Å². The van der Waals surface area contributed by atoms with Crippen LogP contribution in [0.5, 0.6) is 0 Å². The number of hydrogen-bond acceptors (Lipinski definition) is 5. The van der Waals surface area contributed by atoms with Crippen LogP contribution in [-0.4, -0.2) is 20.8 Å². The number of anilines is 1. The van der Waals surface area contributed by atoms with Crippen molar-refractivity contribution in [1.82, 2.24) is 9.97 Å². The van der Waals surface area contributed by atoms with Gasteiger partial charge in [0.2, 0.25) is 11.7 Å². The Morgan fingerprint density at radius 3 is 2.65 bits per heavy atom. The standard InChI is InChI=1S/C22H20ClN5O3/c1-3-4-19(29)27(22-21(28(30)31)14(2)9-10-25-22)13-15-5-7-16(8-6-15)20-17(23)12-26-18(20)11-24/h5-10,12,26H,3-4,13H2,1-2H3. The fourth-order valence-electron chi connectivity index (χ4n) is 3.32. The molecule has 9 heteroatoms. The number of aromatic nitrogens is 2. The number of nitriles is 1. The molecule has 0 aliphatic heterocycles. The topological polar surface area (TPSA) is 116 Å². The predicted octanol–water partition coefficient (Wildman–Crippen LogP) is 5.15. The van der Waals surface area contributed by atoms with Crippen LogP contribution in [0, 0.1) is 28.4 Å². The van der Waals surface area contributed by atoms with E-state index in [1.165, 1.54) is 11.1 Å². The van der Waals surface area contributed by atoms with Gasteiger partial charge in [-0.1, -0.05) is 42.8 Å². The molecular formula is C22H20ClN5O3. The maximum absolute atomic E-state index is 12.8. The minimum Gasteiger partial charge on any atom is -0.351 e. The predicted molar refractivity (Wildman–Crippen MR) is 118 cm³/mol. The van der Waals surface area contributed by atoms with Gasteiger partial charge < -0.3 is 4.98 Å². The van der Waals surface area contributed by atoms with Crippen molar-refractivity contribution >= 4 is 29.0 Å². The number of pyridine rings is 1. The number of nitrogens with one attached hydrogen (secondary N) is 1. The Morgan fingerprint density at radius 1 is 1.32 bits per heavy atom. The van der Waals surface area contributed by atoms with Crippen LogP contribution in [0.4, 0.5) is 11.5 Å². The van der Waals surface area contributed by atoms with Crippen LogP contribution in [0.3, 0.4) is 0 Å². The fourth-order valence-corrected chi connectivity index (χ4v) is 3.58. The minimum absolute atomic E-state index is 0.0352. The second-order valence-electron chi connectivity index (χ2n) is 6.98. The summed E-state index contributed by atoms with van der Waals surface area (Å²) in [5.41, 5.74) is 2.73. The van der Waals surface area contributed by atoms with Crippen molar-refractivity contribution < 1.29 is 9.72 Å². The molecule has 0 atom stereocenters. The number of halogens is 1. The highest BCUT2D eigenvalue weighted by Crippen LogP contribution is 2.33. The van der Waals surface area contributed by atoms with Crippen LogP contribution >= 0.6 is 11.6 Å². The van der Waals surface area contributed by atoms with Crippen molar-refractivity contribution in [2.24, 2.45) is 0 Å². The number of aromatic amines is 1. The highest BCUT2D eigenvalue weighted by molar-refractivity contribution is 6.33. The summed E-state index contributed by atoms with van der Waals surface area (Å²) in [6, 6.07) is 10.8. The zero-order chi connectivity index (χ0) is 22.5. The Kier molecular flexibility index (Phi) is 6.68. The second-order valence-corrected chi connectivity index (χ2v) is 7.39. The van der Waals surface area contributed by atoms with E-state index >= 15 is 0 Å². The molecule has 3 aromatic rings. The number of aryl methyl sites for hydroxylation is 1. The number of hydrogen-bond donors (Lipinski definition) is 1. The zero-order valence-corrected chi connectivity index (χ0v) is 17.8. The van der Waals surface area contributed by atoms with Crippen LogP contribution in [0.1, 0.15) is 36.6 Å². The largest absolute Gasteiger partial charge is 0.351 e. The number of H-pyrrole nitrogens is 1. The summed E-state index contributed by atoms with van der Waals surface area (Å²) in [4.78, 5) is 32.3. The van der Waals surface area contributed by atoms with E-state index in [1.807, 2.05) is 6.92 Å².